The summed E-state index contributed by atoms with van der Waals surface area (Å²) in [5, 5.41) is 0. The van der Waals surface area contributed by atoms with E-state index in [0.717, 1.165) is 36.3 Å². The molecule has 152 valence electrons. The molecule has 0 radical (unpaired) electrons. The van der Waals surface area contributed by atoms with Crippen molar-refractivity contribution in [1.29, 1.82) is 0 Å². The maximum absolute atomic E-state index is 13.0. The molecule has 1 atom stereocenters. The molecular weight excluding hydrogens is 366 g/mol. The van der Waals surface area contributed by atoms with Gasteiger partial charge < -0.3 is 9.47 Å². The lowest BCUT2D eigenvalue weighted by molar-refractivity contribution is 0.165. The first kappa shape index (κ1) is 20.4. The number of methoxy groups -OCH3 is 2. The minimum absolute atomic E-state index is 0.0998. The molecule has 27 heavy (non-hydrogen) atoms. The van der Waals surface area contributed by atoms with Gasteiger partial charge in [-0.2, -0.15) is 17.0 Å². The van der Waals surface area contributed by atoms with Crippen molar-refractivity contribution in [1.82, 2.24) is 13.5 Å². The van der Waals surface area contributed by atoms with E-state index in [-0.39, 0.29) is 6.04 Å². The van der Waals surface area contributed by atoms with Crippen molar-refractivity contribution in [3.05, 3.63) is 23.8 Å². The van der Waals surface area contributed by atoms with E-state index in [9.17, 15) is 8.42 Å². The monoisotopic (exact) mass is 397 g/mol. The van der Waals surface area contributed by atoms with Crippen molar-refractivity contribution >= 4 is 10.2 Å². The average molecular weight is 398 g/mol. The molecule has 3 rings (SSSR count). The Morgan fingerprint density at radius 2 is 1.78 bits per heavy atom. The number of benzene rings is 1. The number of ether oxygens (including phenoxy) is 2. The zero-order valence-corrected chi connectivity index (χ0v) is 17.4. The molecule has 8 heteroatoms. The van der Waals surface area contributed by atoms with Crippen LogP contribution < -0.4 is 9.47 Å². The van der Waals surface area contributed by atoms with Gasteiger partial charge in [-0.25, -0.2) is 0 Å². The van der Waals surface area contributed by atoms with E-state index in [1.165, 1.54) is 0 Å². The van der Waals surface area contributed by atoms with E-state index in [1.54, 1.807) is 22.8 Å². The molecule has 0 saturated carbocycles. The molecule has 0 amide bonds. The quantitative estimate of drug-likeness (QED) is 0.734. The Kier molecular flexibility index (Phi) is 6.62. The molecule has 2 heterocycles. The lowest BCUT2D eigenvalue weighted by Gasteiger charge is -2.40. The predicted molar refractivity (Wildman–Crippen MR) is 105 cm³/mol. The van der Waals surface area contributed by atoms with Gasteiger partial charge >= 0.3 is 0 Å². The number of hydrogen-bond donors (Lipinski definition) is 0. The number of rotatable bonds is 6. The van der Waals surface area contributed by atoms with Gasteiger partial charge in [0.1, 0.15) is 11.5 Å². The molecule has 2 saturated heterocycles. The van der Waals surface area contributed by atoms with Crippen LogP contribution in [-0.2, 0) is 16.8 Å². The highest BCUT2D eigenvalue weighted by Crippen LogP contribution is 2.27. The first-order chi connectivity index (χ1) is 13.0. The third-order valence-corrected chi connectivity index (χ3v) is 7.73. The van der Waals surface area contributed by atoms with Crippen LogP contribution in [0.1, 0.15) is 31.7 Å². The maximum atomic E-state index is 13.0. The van der Waals surface area contributed by atoms with Crippen LogP contribution in [0.2, 0.25) is 0 Å². The average Bonchev–Trinajstić information content (AvgIpc) is 2.68. The van der Waals surface area contributed by atoms with Gasteiger partial charge in [-0.1, -0.05) is 6.42 Å². The van der Waals surface area contributed by atoms with E-state index >= 15 is 0 Å². The van der Waals surface area contributed by atoms with Crippen LogP contribution in [0.15, 0.2) is 18.2 Å². The summed E-state index contributed by atoms with van der Waals surface area (Å²) in [6.07, 6.45) is 3.03. The van der Waals surface area contributed by atoms with Crippen molar-refractivity contribution < 1.29 is 17.9 Å². The summed E-state index contributed by atoms with van der Waals surface area (Å²) in [6, 6.07) is 5.87. The molecule has 0 aliphatic carbocycles. The van der Waals surface area contributed by atoms with Crippen LogP contribution in [0.25, 0.3) is 0 Å². The molecule has 2 fully saturated rings. The maximum Gasteiger partial charge on any atom is 0.282 e. The molecule has 2 aliphatic heterocycles. The van der Waals surface area contributed by atoms with Crippen LogP contribution in [0.4, 0.5) is 0 Å². The largest absolute Gasteiger partial charge is 0.497 e. The van der Waals surface area contributed by atoms with E-state index in [0.29, 0.717) is 39.3 Å². The summed E-state index contributed by atoms with van der Waals surface area (Å²) < 4.78 is 40.1. The fourth-order valence-electron chi connectivity index (χ4n) is 3.93. The minimum Gasteiger partial charge on any atom is -0.497 e. The van der Waals surface area contributed by atoms with Gasteiger partial charge in [-0.05, 0) is 38.0 Å². The van der Waals surface area contributed by atoms with Crippen LogP contribution in [0, 0.1) is 0 Å². The fourth-order valence-corrected chi connectivity index (χ4v) is 5.77. The summed E-state index contributed by atoms with van der Waals surface area (Å²) in [5.41, 5.74) is 1.05. The van der Waals surface area contributed by atoms with Crippen molar-refractivity contribution in [2.45, 2.75) is 38.8 Å². The molecule has 0 bridgehead atoms. The topological polar surface area (TPSA) is 62.3 Å². The Bertz CT molecular complexity index is 732. The number of nitrogens with zero attached hydrogens (tertiary/aromatic N) is 3. The van der Waals surface area contributed by atoms with E-state index < -0.39 is 10.2 Å². The van der Waals surface area contributed by atoms with Gasteiger partial charge in [0.2, 0.25) is 0 Å². The summed E-state index contributed by atoms with van der Waals surface area (Å²) in [6.45, 7) is 5.85. The highest BCUT2D eigenvalue weighted by Gasteiger charge is 2.36. The first-order valence-electron chi connectivity index (χ1n) is 9.66. The lowest BCUT2D eigenvalue weighted by Crippen LogP contribution is -2.55. The molecule has 0 N–H and O–H groups in total. The molecule has 0 aromatic heterocycles. The summed E-state index contributed by atoms with van der Waals surface area (Å²) in [5.74, 6) is 1.62. The Hall–Kier alpha value is -1.35. The summed E-state index contributed by atoms with van der Waals surface area (Å²) >= 11 is 0. The first-order valence-corrected chi connectivity index (χ1v) is 11.1. The molecule has 0 spiro atoms. The molecule has 0 unspecified atom stereocenters. The molecule has 7 nitrogen and oxygen atoms in total. The van der Waals surface area contributed by atoms with E-state index in [4.69, 9.17) is 9.47 Å². The SMILES string of the molecule is COc1ccc(OC)c(CN2CCN(S(=O)(=O)N3CCCC[C@@H]3C)CC2)c1. The van der Waals surface area contributed by atoms with Gasteiger partial charge in [0.25, 0.3) is 10.2 Å². The highest BCUT2D eigenvalue weighted by atomic mass is 32.2. The van der Waals surface area contributed by atoms with Gasteiger partial charge in [-0.3, -0.25) is 4.90 Å². The van der Waals surface area contributed by atoms with Crippen LogP contribution in [0.3, 0.4) is 0 Å². The second-order valence-corrected chi connectivity index (χ2v) is 9.20. The van der Waals surface area contributed by atoms with Crippen LogP contribution in [-0.4, -0.2) is 74.9 Å². The third kappa shape index (κ3) is 4.56. The predicted octanol–water partition coefficient (Wildman–Crippen LogP) is 1.94. The second-order valence-electron chi connectivity index (χ2n) is 7.32. The lowest BCUT2D eigenvalue weighted by atomic mass is 10.1. The molecule has 1 aromatic rings. The number of piperidine rings is 1. The summed E-state index contributed by atoms with van der Waals surface area (Å²) in [4.78, 5) is 2.27. The number of hydrogen-bond acceptors (Lipinski definition) is 5. The fraction of sp³-hybridized carbons (Fsp3) is 0.684. The smallest absolute Gasteiger partial charge is 0.282 e. The number of piperazine rings is 1. The van der Waals surface area contributed by atoms with Crippen molar-refractivity contribution in [2.24, 2.45) is 0 Å². The molecule has 1 aromatic carbocycles. The Morgan fingerprint density at radius 3 is 2.41 bits per heavy atom. The van der Waals surface area contributed by atoms with Gasteiger partial charge in [0, 0.05) is 50.9 Å². The van der Waals surface area contributed by atoms with Crippen LogP contribution in [0.5, 0.6) is 11.5 Å². The minimum atomic E-state index is -3.36. The standard InChI is InChI=1S/C19H31N3O4S/c1-16-6-4-5-9-22(16)27(23,24)21-12-10-20(11-13-21)15-17-14-18(25-2)7-8-19(17)26-3/h7-8,14,16H,4-6,9-13,15H2,1-3H3/t16-/m0/s1. The van der Waals surface area contributed by atoms with Crippen molar-refractivity contribution in [3.63, 3.8) is 0 Å². The Balaban J connectivity index is 1.62. The van der Waals surface area contributed by atoms with Crippen LogP contribution >= 0.6 is 0 Å². The zero-order chi connectivity index (χ0) is 19.4. The highest BCUT2D eigenvalue weighted by molar-refractivity contribution is 7.86. The Labute approximate surface area is 163 Å². The van der Waals surface area contributed by atoms with E-state index in [2.05, 4.69) is 4.90 Å². The van der Waals surface area contributed by atoms with Gasteiger partial charge in [0.05, 0.1) is 14.2 Å². The Morgan fingerprint density at radius 1 is 1.04 bits per heavy atom. The molecule has 2 aliphatic rings. The summed E-state index contributed by atoms with van der Waals surface area (Å²) in [7, 11) is -0.0468. The van der Waals surface area contributed by atoms with Gasteiger partial charge in [0.15, 0.2) is 0 Å². The second kappa shape index (κ2) is 8.77. The molecular formula is C19H31N3O4S. The van der Waals surface area contributed by atoms with Crippen molar-refractivity contribution in [2.75, 3.05) is 46.9 Å². The van der Waals surface area contributed by atoms with Crippen molar-refractivity contribution in [3.8, 4) is 11.5 Å². The normalized spacial score (nSPS) is 23.3. The third-order valence-electron chi connectivity index (χ3n) is 5.58. The van der Waals surface area contributed by atoms with E-state index in [1.807, 2.05) is 25.1 Å². The zero-order valence-electron chi connectivity index (χ0n) is 16.6. The van der Waals surface area contributed by atoms with Gasteiger partial charge in [-0.15, -0.1) is 0 Å².